The van der Waals surface area contributed by atoms with Gasteiger partial charge in [0.15, 0.2) is 0 Å². The summed E-state index contributed by atoms with van der Waals surface area (Å²) in [7, 11) is 1.64. The third-order valence-electron chi connectivity index (χ3n) is 2.84. The van der Waals surface area contributed by atoms with Gasteiger partial charge in [-0.05, 0) is 17.7 Å². The lowest BCUT2D eigenvalue weighted by molar-refractivity contribution is 0.182. The van der Waals surface area contributed by atoms with Crippen molar-refractivity contribution in [2.24, 2.45) is 5.73 Å². The van der Waals surface area contributed by atoms with Crippen LogP contribution in [-0.2, 0) is 11.3 Å². The van der Waals surface area contributed by atoms with Crippen LogP contribution in [-0.4, -0.2) is 23.5 Å². The van der Waals surface area contributed by atoms with Crippen LogP contribution >= 0.6 is 23.2 Å². The van der Waals surface area contributed by atoms with E-state index in [2.05, 4.69) is 5.10 Å². The molecule has 0 spiro atoms. The van der Waals surface area contributed by atoms with Gasteiger partial charge in [-0.25, -0.2) is 0 Å². The fourth-order valence-corrected chi connectivity index (χ4v) is 2.35. The van der Waals surface area contributed by atoms with E-state index in [9.17, 15) is 0 Å². The highest BCUT2D eigenvalue weighted by atomic mass is 35.5. The van der Waals surface area contributed by atoms with Crippen LogP contribution in [0.2, 0.25) is 10.0 Å². The average molecular weight is 300 g/mol. The molecule has 2 N–H and O–H groups in total. The van der Waals surface area contributed by atoms with E-state index in [4.69, 9.17) is 33.7 Å². The number of hydrogen-bond donors (Lipinski definition) is 1. The fourth-order valence-electron chi connectivity index (χ4n) is 1.89. The Balaban J connectivity index is 2.32. The number of halogens is 2. The lowest BCUT2D eigenvalue weighted by atomic mass is 10.0. The van der Waals surface area contributed by atoms with Crippen molar-refractivity contribution in [3.63, 3.8) is 0 Å². The lowest BCUT2D eigenvalue weighted by Gasteiger charge is -2.15. The van der Waals surface area contributed by atoms with Crippen LogP contribution in [0.4, 0.5) is 0 Å². The van der Waals surface area contributed by atoms with Crippen molar-refractivity contribution >= 4 is 23.2 Å². The molecule has 4 nitrogen and oxygen atoms in total. The molecule has 0 aliphatic heterocycles. The predicted octanol–water partition coefficient (Wildman–Crippen LogP) is 2.88. The molecule has 19 heavy (non-hydrogen) atoms. The second kappa shape index (κ2) is 6.39. The lowest BCUT2D eigenvalue weighted by Crippen LogP contribution is -2.19. The number of benzene rings is 1. The Morgan fingerprint density at radius 1 is 1.42 bits per heavy atom. The Morgan fingerprint density at radius 2 is 2.21 bits per heavy atom. The van der Waals surface area contributed by atoms with Gasteiger partial charge in [0.2, 0.25) is 0 Å². The SMILES string of the molecule is COCCn1ncc(Cl)c1C(N)c1cccc(Cl)c1. The monoisotopic (exact) mass is 299 g/mol. The predicted molar refractivity (Wildman–Crippen MR) is 76.6 cm³/mol. The summed E-state index contributed by atoms with van der Waals surface area (Å²) in [5.41, 5.74) is 7.92. The minimum absolute atomic E-state index is 0.370. The van der Waals surface area contributed by atoms with Gasteiger partial charge in [0.25, 0.3) is 0 Å². The number of rotatable bonds is 5. The van der Waals surface area contributed by atoms with E-state index in [0.29, 0.717) is 23.2 Å². The van der Waals surface area contributed by atoms with Crippen molar-refractivity contribution in [3.05, 3.63) is 51.8 Å². The molecule has 1 heterocycles. The van der Waals surface area contributed by atoms with Gasteiger partial charge in [0.1, 0.15) is 0 Å². The third-order valence-corrected chi connectivity index (χ3v) is 3.37. The minimum Gasteiger partial charge on any atom is -0.383 e. The largest absolute Gasteiger partial charge is 0.383 e. The van der Waals surface area contributed by atoms with E-state index < -0.39 is 0 Å². The Labute approximate surface area is 122 Å². The normalized spacial score (nSPS) is 12.6. The van der Waals surface area contributed by atoms with Gasteiger partial charge in [-0.3, -0.25) is 4.68 Å². The molecule has 0 fully saturated rings. The molecule has 0 saturated carbocycles. The molecule has 102 valence electrons. The highest BCUT2D eigenvalue weighted by Crippen LogP contribution is 2.27. The number of methoxy groups -OCH3 is 1. The molecule has 1 atom stereocenters. The molecule has 0 amide bonds. The minimum atomic E-state index is -0.370. The molecule has 6 heteroatoms. The van der Waals surface area contributed by atoms with Crippen molar-refractivity contribution in [2.45, 2.75) is 12.6 Å². The molecule has 1 aromatic heterocycles. The van der Waals surface area contributed by atoms with Crippen molar-refractivity contribution < 1.29 is 4.74 Å². The summed E-state index contributed by atoms with van der Waals surface area (Å²) in [5, 5.41) is 5.40. The summed E-state index contributed by atoms with van der Waals surface area (Å²) < 4.78 is 6.81. The zero-order valence-electron chi connectivity index (χ0n) is 10.5. The van der Waals surface area contributed by atoms with E-state index in [1.54, 1.807) is 18.0 Å². The molecular formula is C13H15Cl2N3O. The molecule has 0 aliphatic rings. The van der Waals surface area contributed by atoms with Crippen LogP contribution in [0, 0.1) is 0 Å². The van der Waals surface area contributed by atoms with Gasteiger partial charge in [-0.15, -0.1) is 0 Å². The van der Waals surface area contributed by atoms with Crippen LogP contribution in [0.25, 0.3) is 0 Å². The zero-order valence-corrected chi connectivity index (χ0v) is 12.0. The number of aromatic nitrogens is 2. The standard InChI is InChI=1S/C13H15Cl2N3O/c1-19-6-5-18-13(11(15)8-17-18)12(16)9-3-2-4-10(14)7-9/h2-4,7-8,12H,5-6,16H2,1H3. The Morgan fingerprint density at radius 3 is 2.89 bits per heavy atom. The van der Waals surface area contributed by atoms with Crippen LogP contribution in [0.1, 0.15) is 17.3 Å². The van der Waals surface area contributed by atoms with Gasteiger partial charge in [0.05, 0.1) is 36.1 Å². The van der Waals surface area contributed by atoms with E-state index >= 15 is 0 Å². The number of hydrogen-bond acceptors (Lipinski definition) is 3. The molecule has 2 aromatic rings. The van der Waals surface area contributed by atoms with Crippen molar-refractivity contribution in [2.75, 3.05) is 13.7 Å². The third kappa shape index (κ3) is 3.28. The first-order valence-electron chi connectivity index (χ1n) is 5.84. The maximum atomic E-state index is 6.26. The molecule has 0 aliphatic carbocycles. The second-order valence-corrected chi connectivity index (χ2v) is 4.97. The first-order chi connectivity index (χ1) is 9.13. The number of nitrogens with zero attached hydrogens (tertiary/aromatic N) is 2. The number of ether oxygens (including phenoxy) is 1. The van der Waals surface area contributed by atoms with Gasteiger partial charge in [-0.1, -0.05) is 35.3 Å². The summed E-state index contributed by atoms with van der Waals surface area (Å²) in [4.78, 5) is 0. The Kier molecular flexibility index (Phi) is 4.82. The topological polar surface area (TPSA) is 53.1 Å². The fraction of sp³-hybridized carbons (Fsp3) is 0.308. The van der Waals surface area contributed by atoms with Crippen LogP contribution < -0.4 is 5.73 Å². The molecule has 0 bridgehead atoms. The van der Waals surface area contributed by atoms with Gasteiger partial charge >= 0.3 is 0 Å². The first kappa shape index (κ1) is 14.3. The van der Waals surface area contributed by atoms with E-state index in [0.717, 1.165) is 11.3 Å². The quantitative estimate of drug-likeness (QED) is 0.923. The van der Waals surface area contributed by atoms with E-state index in [-0.39, 0.29) is 6.04 Å². The summed E-state index contributed by atoms with van der Waals surface area (Å²) in [5.74, 6) is 0. The highest BCUT2D eigenvalue weighted by Gasteiger charge is 2.18. The smallest absolute Gasteiger partial charge is 0.0837 e. The van der Waals surface area contributed by atoms with Gasteiger partial charge in [0, 0.05) is 12.1 Å². The summed E-state index contributed by atoms with van der Waals surface area (Å²) in [6.45, 7) is 1.15. The highest BCUT2D eigenvalue weighted by molar-refractivity contribution is 6.31. The second-order valence-electron chi connectivity index (χ2n) is 4.13. The summed E-state index contributed by atoms with van der Waals surface area (Å²) in [6.07, 6.45) is 1.59. The van der Waals surface area contributed by atoms with Gasteiger partial charge < -0.3 is 10.5 Å². The van der Waals surface area contributed by atoms with Crippen molar-refractivity contribution in [1.29, 1.82) is 0 Å². The number of nitrogens with two attached hydrogens (primary N) is 1. The van der Waals surface area contributed by atoms with Gasteiger partial charge in [-0.2, -0.15) is 5.10 Å². The average Bonchev–Trinajstić information content (AvgIpc) is 2.76. The van der Waals surface area contributed by atoms with E-state index in [1.807, 2.05) is 24.3 Å². The molecule has 1 aromatic carbocycles. The Bertz CT molecular complexity index is 557. The van der Waals surface area contributed by atoms with Crippen molar-refractivity contribution in [1.82, 2.24) is 9.78 Å². The van der Waals surface area contributed by atoms with Crippen molar-refractivity contribution in [3.8, 4) is 0 Å². The summed E-state index contributed by atoms with van der Waals surface area (Å²) >= 11 is 12.2. The van der Waals surface area contributed by atoms with Crippen LogP contribution in [0.15, 0.2) is 30.5 Å². The maximum absolute atomic E-state index is 6.26. The molecule has 1 unspecified atom stereocenters. The zero-order chi connectivity index (χ0) is 13.8. The maximum Gasteiger partial charge on any atom is 0.0837 e. The first-order valence-corrected chi connectivity index (χ1v) is 6.60. The molecule has 0 radical (unpaired) electrons. The summed E-state index contributed by atoms with van der Waals surface area (Å²) in [6, 6.07) is 7.05. The molecule has 0 saturated heterocycles. The molecular weight excluding hydrogens is 285 g/mol. The van der Waals surface area contributed by atoms with Crippen LogP contribution in [0.5, 0.6) is 0 Å². The van der Waals surface area contributed by atoms with Crippen LogP contribution in [0.3, 0.4) is 0 Å². The Hall–Kier alpha value is -1.07. The van der Waals surface area contributed by atoms with E-state index in [1.165, 1.54) is 0 Å². The molecule has 2 rings (SSSR count).